The van der Waals surface area contributed by atoms with Gasteiger partial charge in [-0.05, 0) is 24.5 Å². The highest BCUT2D eigenvalue weighted by Gasteiger charge is 2.59. The molecule has 1 atom stereocenters. The number of fused-ring (bicyclic) bond motifs is 2. The van der Waals surface area contributed by atoms with Crippen LogP contribution in [0.3, 0.4) is 0 Å². The van der Waals surface area contributed by atoms with Gasteiger partial charge in [0.25, 0.3) is 5.91 Å². The predicted octanol–water partition coefficient (Wildman–Crippen LogP) is 4.32. The molecule has 0 N–H and O–H groups in total. The Bertz CT molecular complexity index is 909. The van der Waals surface area contributed by atoms with Gasteiger partial charge in [-0.15, -0.1) is 11.8 Å². The first-order valence-corrected chi connectivity index (χ1v) is 10.8. The number of anilines is 1. The summed E-state index contributed by atoms with van der Waals surface area (Å²) in [6, 6.07) is 16.2. The molecule has 2 aromatic rings. The zero-order valence-corrected chi connectivity index (χ0v) is 17.5. The van der Waals surface area contributed by atoms with Gasteiger partial charge in [-0.1, -0.05) is 61.9 Å². The molecule has 0 radical (unpaired) electrons. The van der Waals surface area contributed by atoms with Crippen LogP contribution in [0.15, 0.2) is 48.5 Å². The third-order valence-electron chi connectivity index (χ3n) is 5.45. The minimum atomic E-state index is -0.909. The molecule has 1 spiro atoms. The molecule has 2 heterocycles. The second-order valence-electron chi connectivity index (χ2n) is 8.03. The van der Waals surface area contributed by atoms with E-state index in [1.807, 2.05) is 47.9 Å². The number of hydrogen-bond donors (Lipinski definition) is 0. The molecule has 2 amide bonds. The third kappa shape index (κ3) is 3.02. The average molecular weight is 395 g/mol. The predicted molar refractivity (Wildman–Crippen MR) is 114 cm³/mol. The van der Waals surface area contributed by atoms with Crippen molar-refractivity contribution in [2.24, 2.45) is 5.92 Å². The molecule has 0 aliphatic carbocycles. The average Bonchev–Trinajstić information content (AvgIpc) is 3.21. The van der Waals surface area contributed by atoms with Crippen molar-refractivity contribution in [3.8, 4) is 0 Å². The van der Waals surface area contributed by atoms with Crippen molar-refractivity contribution in [3.05, 3.63) is 65.2 Å². The van der Waals surface area contributed by atoms with Gasteiger partial charge in [0.15, 0.2) is 4.87 Å². The monoisotopic (exact) mass is 394 g/mol. The number of hydrogen-bond acceptors (Lipinski definition) is 3. The Labute approximate surface area is 170 Å². The SMILES string of the molecule is Cc1ccc(CN2C(=O)[C@]3(SCCN3C(=O)CC(C)C)c3ccccc32)cc1. The molecule has 0 bridgehead atoms. The van der Waals surface area contributed by atoms with Crippen molar-refractivity contribution in [1.29, 1.82) is 0 Å². The van der Waals surface area contributed by atoms with Crippen LogP contribution in [0.2, 0.25) is 0 Å². The van der Waals surface area contributed by atoms with Crippen molar-refractivity contribution in [2.45, 2.75) is 38.6 Å². The van der Waals surface area contributed by atoms with Crippen molar-refractivity contribution in [1.82, 2.24) is 4.90 Å². The van der Waals surface area contributed by atoms with Crippen LogP contribution in [0.4, 0.5) is 5.69 Å². The number of carbonyl (C=O) groups is 2. The number of aryl methyl sites for hydroxylation is 1. The van der Waals surface area contributed by atoms with E-state index in [2.05, 4.69) is 31.2 Å². The summed E-state index contributed by atoms with van der Waals surface area (Å²) in [7, 11) is 0. The number of thioether (sulfide) groups is 1. The fourth-order valence-electron chi connectivity index (χ4n) is 4.12. The first-order chi connectivity index (χ1) is 13.4. The van der Waals surface area contributed by atoms with Gasteiger partial charge in [0.1, 0.15) is 0 Å². The van der Waals surface area contributed by atoms with E-state index in [1.165, 1.54) is 5.56 Å². The van der Waals surface area contributed by atoms with E-state index in [9.17, 15) is 9.59 Å². The molecule has 0 saturated carbocycles. The molecule has 5 heteroatoms. The van der Waals surface area contributed by atoms with Crippen molar-refractivity contribution < 1.29 is 9.59 Å². The van der Waals surface area contributed by atoms with Gasteiger partial charge >= 0.3 is 0 Å². The van der Waals surface area contributed by atoms with Crippen LogP contribution in [0.1, 0.15) is 37.0 Å². The van der Waals surface area contributed by atoms with Gasteiger partial charge in [-0.25, -0.2) is 0 Å². The van der Waals surface area contributed by atoms with Gasteiger partial charge in [0.05, 0.1) is 12.2 Å². The second-order valence-corrected chi connectivity index (χ2v) is 9.32. The summed E-state index contributed by atoms with van der Waals surface area (Å²) in [5, 5.41) is 0. The third-order valence-corrected chi connectivity index (χ3v) is 6.87. The smallest absolute Gasteiger partial charge is 0.268 e. The van der Waals surface area contributed by atoms with Gasteiger partial charge < -0.3 is 9.80 Å². The molecule has 146 valence electrons. The number of carbonyl (C=O) groups excluding carboxylic acids is 2. The molecule has 4 nitrogen and oxygen atoms in total. The minimum absolute atomic E-state index is 0.00822. The number of rotatable bonds is 4. The summed E-state index contributed by atoms with van der Waals surface area (Å²) in [4.78, 5) is 29.6. The summed E-state index contributed by atoms with van der Waals surface area (Å²) in [6.07, 6.45) is 0.468. The number of benzene rings is 2. The van der Waals surface area contributed by atoms with E-state index in [0.717, 1.165) is 22.6 Å². The standard InChI is InChI=1S/C23H26N2O2S/c1-16(2)14-21(26)25-12-13-28-23(25)19-6-4-5-7-20(19)24(22(23)27)15-18-10-8-17(3)9-11-18/h4-11,16H,12-15H2,1-3H3/t23-/m1/s1. The molecule has 2 aromatic carbocycles. The molecule has 2 aliphatic rings. The molecule has 4 rings (SSSR count). The number of nitrogens with zero attached hydrogens (tertiary/aromatic N) is 2. The molecule has 1 fully saturated rings. The molecule has 2 aliphatic heterocycles. The second kappa shape index (κ2) is 7.28. The number of amides is 2. The molecule has 28 heavy (non-hydrogen) atoms. The first kappa shape index (κ1) is 19.1. The normalized spacial score (nSPS) is 21.1. The van der Waals surface area contributed by atoms with E-state index < -0.39 is 4.87 Å². The molecular weight excluding hydrogens is 368 g/mol. The maximum absolute atomic E-state index is 13.8. The van der Waals surface area contributed by atoms with Crippen LogP contribution < -0.4 is 4.90 Å². The summed E-state index contributed by atoms with van der Waals surface area (Å²) >= 11 is 1.60. The zero-order chi connectivity index (χ0) is 19.9. The maximum Gasteiger partial charge on any atom is 0.268 e. The van der Waals surface area contributed by atoms with Crippen LogP contribution in [-0.2, 0) is 21.0 Å². The summed E-state index contributed by atoms with van der Waals surface area (Å²) in [5.74, 6) is 1.13. The fraction of sp³-hybridized carbons (Fsp3) is 0.391. The molecule has 0 unspecified atom stereocenters. The van der Waals surface area contributed by atoms with Crippen molar-refractivity contribution in [2.75, 3.05) is 17.2 Å². The van der Waals surface area contributed by atoms with Gasteiger partial charge in [-0.3, -0.25) is 9.59 Å². The van der Waals surface area contributed by atoms with E-state index in [-0.39, 0.29) is 17.7 Å². The fourth-order valence-corrected chi connectivity index (χ4v) is 5.60. The Hall–Kier alpha value is -2.27. The lowest BCUT2D eigenvalue weighted by Crippen LogP contribution is -2.50. The Morgan fingerprint density at radius 3 is 2.57 bits per heavy atom. The van der Waals surface area contributed by atoms with Crippen LogP contribution in [-0.4, -0.2) is 29.0 Å². The maximum atomic E-state index is 13.8. The van der Waals surface area contributed by atoms with Crippen molar-refractivity contribution >= 4 is 29.3 Å². The summed E-state index contributed by atoms with van der Waals surface area (Å²) in [6.45, 7) is 7.28. The van der Waals surface area contributed by atoms with Crippen LogP contribution in [0.25, 0.3) is 0 Å². The lowest BCUT2D eigenvalue weighted by atomic mass is 10.0. The largest absolute Gasteiger partial charge is 0.315 e. The summed E-state index contributed by atoms with van der Waals surface area (Å²) < 4.78 is 0. The van der Waals surface area contributed by atoms with E-state index in [1.54, 1.807) is 11.8 Å². The topological polar surface area (TPSA) is 40.6 Å². The Morgan fingerprint density at radius 2 is 1.86 bits per heavy atom. The van der Waals surface area contributed by atoms with Crippen LogP contribution in [0, 0.1) is 12.8 Å². The Balaban J connectivity index is 1.74. The van der Waals surface area contributed by atoms with E-state index in [4.69, 9.17) is 0 Å². The van der Waals surface area contributed by atoms with Gasteiger partial charge in [0, 0.05) is 24.3 Å². The van der Waals surface area contributed by atoms with E-state index in [0.29, 0.717) is 19.5 Å². The quantitative estimate of drug-likeness (QED) is 0.776. The first-order valence-electron chi connectivity index (χ1n) is 9.85. The highest BCUT2D eigenvalue weighted by Crippen LogP contribution is 2.54. The minimum Gasteiger partial charge on any atom is -0.315 e. The lowest BCUT2D eigenvalue weighted by molar-refractivity contribution is -0.140. The Morgan fingerprint density at radius 1 is 1.14 bits per heavy atom. The lowest BCUT2D eigenvalue weighted by Gasteiger charge is -2.33. The highest BCUT2D eigenvalue weighted by molar-refractivity contribution is 8.01. The highest BCUT2D eigenvalue weighted by atomic mass is 32.2. The molecule has 0 aromatic heterocycles. The zero-order valence-electron chi connectivity index (χ0n) is 16.6. The van der Waals surface area contributed by atoms with Gasteiger partial charge in [0.2, 0.25) is 5.91 Å². The number of para-hydroxylation sites is 1. The molecular formula is C23H26N2O2S. The van der Waals surface area contributed by atoms with Crippen LogP contribution in [0.5, 0.6) is 0 Å². The Kier molecular flexibility index (Phi) is 4.96. The van der Waals surface area contributed by atoms with Crippen LogP contribution >= 0.6 is 11.8 Å². The summed E-state index contributed by atoms with van der Waals surface area (Å²) in [5.41, 5.74) is 4.16. The van der Waals surface area contributed by atoms with E-state index >= 15 is 0 Å². The molecule has 1 saturated heterocycles. The van der Waals surface area contributed by atoms with Gasteiger partial charge in [-0.2, -0.15) is 0 Å². The van der Waals surface area contributed by atoms with Crippen molar-refractivity contribution in [3.63, 3.8) is 0 Å².